The first kappa shape index (κ1) is 24.4. The molecule has 4 heteroatoms. The Morgan fingerprint density at radius 2 is 1.42 bits per heavy atom. The van der Waals surface area contributed by atoms with Crippen LogP contribution in [-0.4, -0.2) is 0 Å². The molecule has 0 saturated carbocycles. The van der Waals surface area contributed by atoms with Crippen LogP contribution in [0.2, 0.25) is 0 Å². The van der Waals surface area contributed by atoms with Crippen molar-refractivity contribution in [3.05, 3.63) is 130 Å². The SMILES string of the molecule is C/C=C/CCc1ccc(C#Cc2ccc3c(F)c(C#Cc4cc(F)c(C#N)c(F)c4)ccc3c2)cc1. The molecule has 0 aliphatic carbocycles. The van der Waals surface area contributed by atoms with Crippen LogP contribution in [0.4, 0.5) is 13.2 Å². The van der Waals surface area contributed by atoms with E-state index in [4.69, 9.17) is 5.26 Å². The number of hydrogen-bond donors (Lipinski definition) is 0. The molecule has 0 aliphatic rings. The van der Waals surface area contributed by atoms with Crippen LogP contribution < -0.4 is 0 Å². The third-order valence-electron chi connectivity index (χ3n) is 5.59. The summed E-state index contributed by atoms with van der Waals surface area (Å²) in [5, 5.41) is 9.80. The third kappa shape index (κ3) is 5.67. The van der Waals surface area contributed by atoms with Crippen molar-refractivity contribution in [2.75, 3.05) is 0 Å². The number of fused-ring (bicyclic) bond motifs is 1. The van der Waals surface area contributed by atoms with Crippen molar-refractivity contribution in [1.82, 2.24) is 0 Å². The number of hydrogen-bond acceptors (Lipinski definition) is 1. The van der Waals surface area contributed by atoms with Crippen molar-refractivity contribution >= 4 is 10.8 Å². The fraction of sp³-hybridized carbons (Fsp3) is 0.0938. The molecular weight excluding hydrogens is 455 g/mol. The van der Waals surface area contributed by atoms with Gasteiger partial charge in [-0.05, 0) is 73.2 Å². The zero-order chi connectivity index (χ0) is 25.5. The molecule has 0 bridgehead atoms. The number of nitrogens with zero attached hydrogens (tertiary/aromatic N) is 1. The van der Waals surface area contributed by atoms with Crippen molar-refractivity contribution < 1.29 is 13.2 Å². The van der Waals surface area contributed by atoms with Gasteiger partial charge in [-0.25, -0.2) is 13.2 Å². The van der Waals surface area contributed by atoms with Crippen molar-refractivity contribution in [2.45, 2.75) is 19.8 Å². The summed E-state index contributed by atoms with van der Waals surface area (Å²) in [5.74, 6) is 8.91. The van der Waals surface area contributed by atoms with Gasteiger partial charge in [0.15, 0.2) is 0 Å². The standard InChI is InChI=1S/C32H20F3N/c1-2-3-4-5-22-6-8-23(9-7-22)10-11-24-13-17-28-27(18-24)16-15-26(32(28)35)14-12-25-19-30(33)29(21-36)31(34)20-25/h2-3,6-9,13,15-20H,4-5H2,1H3/b3-2+. The highest BCUT2D eigenvalue weighted by molar-refractivity contribution is 5.86. The molecule has 0 fully saturated rings. The van der Waals surface area contributed by atoms with Crippen molar-refractivity contribution in [1.29, 1.82) is 5.26 Å². The second-order valence-corrected chi connectivity index (χ2v) is 8.09. The summed E-state index contributed by atoms with van der Waals surface area (Å²) >= 11 is 0. The Bertz CT molecular complexity index is 1610. The Hall–Kier alpha value is -4.72. The van der Waals surface area contributed by atoms with Gasteiger partial charge in [-0.15, -0.1) is 0 Å². The predicted molar refractivity (Wildman–Crippen MR) is 137 cm³/mol. The van der Waals surface area contributed by atoms with E-state index < -0.39 is 23.0 Å². The van der Waals surface area contributed by atoms with Gasteiger partial charge in [0, 0.05) is 22.1 Å². The van der Waals surface area contributed by atoms with Crippen LogP contribution in [0.3, 0.4) is 0 Å². The van der Waals surface area contributed by atoms with Crippen LogP contribution in [0.1, 0.15) is 46.7 Å². The van der Waals surface area contributed by atoms with Gasteiger partial charge in [0.25, 0.3) is 0 Å². The molecule has 4 aromatic rings. The molecule has 1 nitrogen and oxygen atoms in total. The van der Waals surface area contributed by atoms with Gasteiger partial charge < -0.3 is 0 Å². The number of aryl methyl sites for hydroxylation is 1. The number of benzene rings is 4. The van der Waals surface area contributed by atoms with Crippen molar-refractivity contribution in [3.63, 3.8) is 0 Å². The molecule has 4 rings (SSSR count). The van der Waals surface area contributed by atoms with Gasteiger partial charge >= 0.3 is 0 Å². The molecular formula is C32H20F3N. The van der Waals surface area contributed by atoms with Gasteiger partial charge in [0.2, 0.25) is 0 Å². The lowest BCUT2D eigenvalue weighted by molar-refractivity contribution is 0.576. The van der Waals surface area contributed by atoms with Crippen LogP contribution in [-0.2, 0) is 6.42 Å². The molecule has 0 radical (unpaired) electrons. The van der Waals surface area contributed by atoms with E-state index in [1.807, 2.05) is 25.1 Å². The summed E-state index contributed by atoms with van der Waals surface area (Å²) in [6.07, 6.45) is 6.19. The Kier molecular flexibility index (Phi) is 7.55. The van der Waals surface area contributed by atoms with Crippen LogP contribution in [0.15, 0.2) is 78.9 Å². The highest BCUT2D eigenvalue weighted by Crippen LogP contribution is 2.22. The van der Waals surface area contributed by atoms with E-state index in [1.54, 1.807) is 24.3 Å². The summed E-state index contributed by atoms with van der Waals surface area (Å²) < 4.78 is 42.6. The molecule has 0 aromatic heterocycles. The lowest BCUT2D eigenvalue weighted by Crippen LogP contribution is -1.92. The Morgan fingerprint density at radius 1 is 0.750 bits per heavy atom. The summed E-state index contributed by atoms with van der Waals surface area (Å²) in [6.45, 7) is 2.01. The van der Waals surface area contributed by atoms with E-state index >= 15 is 4.39 Å². The Morgan fingerprint density at radius 3 is 2.11 bits per heavy atom. The number of halogens is 3. The van der Waals surface area contributed by atoms with E-state index in [0.717, 1.165) is 36.1 Å². The van der Waals surface area contributed by atoms with Crippen LogP contribution in [0.25, 0.3) is 10.8 Å². The van der Waals surface area contributed by atoms with Crippen molar-refractivity contribution in [3.8, 4) is 29.8 Å². The van der Waals surface area contributed by atoms with E-state index in [0.29, 0.717) is 10.8 Å². The molecule has 36 heavy (non-hydrogen) atoms. The summed E-state index contributed by atoms with van der Waals surface area (Å²) in [4.78, 5) is 0. The minimum atomic E-state index is -1.00. The van der Waals surface area contributed by atoms with Gasteiger partial charge in [-0.1, -0.05) is 60.1 Å². The maximum Gasteiger partial charge on any atom is 0.146 e. The molecule has 0 saturated heterocycles. The lowest BCUT2D eigenvalue weighted by Gasteiger charge is -2.03. The van der Waals surface area contributed by atoms with E-state index in [9.17, 15) is 8.78 Å². The topological polar surface area (TPSA) is 23.8 Å². The Labute approximate surface area is 208 Å². The third-order valence-corrected chi connectivity index (χ3v) is 5.59. The molecule has 0 amide bonds. The quantitative estimate of drug-likeness (QED) is 0.223. The minimum absolute atomic E-state index is 0.0138. The Balaban J connectivity index is 1.55. The fourth-order valence-electron chi connectivity index (χ4n) is 3.67. The minimum Gasteiger partial charge on any atom is -0.205 e. The molecule has 0 unspecified atom stereocenters. The average Bonchev–Trinajstić information content (AvgIpc) is 2.88. The van der Waals surface area contributed by atoms with Gasteiger partial charge in [-0.2, -0.15) is 5.26 Å². The first-order valence-electron chi connectivity index (χ1n) is 11.3. The number of nitriles is 1. The van der Waals surface area contributed by atoms with E-state index in [2.05, 4.69) is 41.9 Å². The smallest absolute Gasteiger partial charge is 0.146 e. The van der Waals surface area contributed by atoms with E-state index in [-0.39, 0.29) is 11.1 Å². The van der Waals surface area contributed by atoms with Crippen LogP contribution in [0.5, 0.6) is 0 Å². The van der Waals surface area contributed by atoms with E-state index in [1.165, 1.54) is 17.7 Å². The zero-order valence-electron chi connectivity index (χ0n) is 19.5. The number of rotatable bonds is 3. The second-order valence-electron chi connectivity index (χ2n) is 8.09. The zero-order valence-corrected chi connectivity index (χ0v) is 19.5. The molecule has 0 heterocycles. The molecule has 0 aliphatic heterocycles. The van der Waals surface area contributed by atoms with Crippen LogP contribution in [0, 0.1) is 52.5 Å². The summed E-state index contributed by atoms with van der Waals surface area (Å²) in [6, 6.07) is 19.9. The highest BCUT2D eigenvalue weighted by Gasteiger charge is 2.10. The largest absolute Gasteiger partial charge is 0.205 e. The second kappa shape index (κ2) is 11.1. The normalized spacial score (nSPS) is 10.4. The molecule has 0 N–H and O–H groups in total. The van der Waals surface area contributed by atoms with Gasteiger partial charge in [-0.3, -0.25) is 0 Å². The molecule has 174 valence electrons. The van der Waals surface area contributed by atoms with Gasteiger partial charge in [0.1, 0.15) is 29.1 Å². The molecule has 0 atom stereocenters. The first-order chi connectivity index (χ1) is 17.5. The fourth-order valence-corrected chi connectivity index (χ4v) is 3.67. The maximum absolute atomic E-state index is 15.0. The van der Waals surface area contributed by atoms with Gasteiger partial charge in [0.05, 0.1) is 5.56 Å². The van der Waals surface area contributed by atoms with Crippen LogP contribution >= 0.6 is 0 Å². The molecule has 0 spiro atoms. The summed E-state index contributed by atoms with van der Waals surface area (Å²) in [5.41, 5.74) is 2.35. The monoisotopic (exact) mass is 475 g/mol. The first-order valence-corrected chi connectivity index (χ1v) is 11.3. The molecule has 4 aromatic carbocycles. The predicted octanol–water partition coefficient (Wildman–Crippen LogP) is 7.44. The summed E-state index contributed by atoms with van der Waals surface area (Å²) in [7, 11) is 0. The average molecular weight is 476 g/mol. The van der Waals surface area contributed by atoms with Crippen molar-refractivity contribution in [2.24, 2.45) is 0 Å². The maximum atomic E-state index is 15.0. The highest BCUT2D eigenvalue weighted by atomic mass is 19.1. The number of allylic oxidation sites excluding steroid dienone is 2. The lowest BCUT2D eigenvalue weighted by atomic mass is 10.0.